The van der Waals surface area contributed by atoms with E-state index in [1.54, 1.807) is 12.3 Å². The number of pyridine rings is 1. The first kappa shape index (κ1) is 16.2. The van der Waals surface area contributed by atoms with Crippen molar-refractivity contribution in [3.8, 4) is 0 Å². The van der Waals surface area contributed by atoms with Gasteiger partial charge in [-0.2, -0.15) is 0 Å². The largest absolute Gasteiger partial charge is 0.399 e. The minimum atomic E-state index is -0.213. The first-order valence-corrected chi connectivity index (χ1v) is 7.97. The van der Waals surface area contributed by atoms with Crippen LogP contribution in [0.4, 0.5) is 15.9 Å². The number of aromatic nitrogens is 1. The van der Waals surface area contributed by atoms with Crippen molar-refractivity contribution in [3.05, 3.63) is 54.0 Å². The summed E-state index contributed by atoms with van der Waals surface area (Å²) in [6, 6.07) is 10.9. The molecule has 3 rings (SSSR count). The SMILES string of the molecule is CO/N=C(/C)c1ccc(F)c(N2CCN(c3ccccn3)CC2)c1. The fourth-order valence-corrected chi connectivity index (χ4v) is 2.89. The summed E-state index contributed by atoms with van der Waals surface area (Å²) in [4.78, 5) is 13.5. The summed E-state index contributed by atoms with van der Waals surface area (Å²) < 4.78 is 14.3. The second-order valence-corrected chi connectivity index (χ2v) is 5.69. The van der Waals surface area contributed by atoms with E-state index in [0.29, 0.717) is 5.69 Å². The Hall–Kier alpha value is -2.63. The van der Waals surface area contributed by atoms with Crippen molar-refractivity contribution >= 4 is 17.2 Å². The molecule has 5 nitrogen and oxygen atoms in total. The third-order valence-corrected chi connectivity index (χ3v) is 4.19. The maximum atomic E-state index is 14.3. The first-order valence-electron chi connectivity index (χ1n) is 7.97. The van der Waals surface area contributed by atoms with Crippen molar-refractivity contribution in [2.75, 3.05) is 43.1 Å². The van der Waals surface area contributed by atoms with Crippen LogP contribution in [0.3, 0.4) is 0 Å². The Kier molecular flexibility index (Phi) is 4.93. The van der Waals surface area contributed by atoms with Crippen LogP contribution < -0.4 is 9.80 Å². The van der Waals surface area contributed by atoms with Gasteiger partial charge in [0.05, 0.1) is 11.4 Å². The smallest absolute Gasteiger partial charge is 0.146 e. The van der Waals surface area contributed by atoms with Crippen molar-refractivity contribution in [1.29, 1.82) is 0 Å². The molecule has 1 aromatic carbocycles. The normalized spacial score (nSPS) is 15.5. The minimum Gasteiger partial charge on any atom is -0.399 e. The molecule has 0 bridgehead atoms. The van der Waals surface area contributed by atoms with Crippen molar-refractivity contribution < 1.29 is 9.23 Å². The number of halogens is 1. The number of nitrogens with zero attached hydrogens (tertiary/aromatic N) is 4. The van der Waals surface area contributed by atoms with Gasteiger partial charge in [-0.05, 0) is 37.3 Å². The molecule has 1 aliphatic rings. The lowest BCUT2D eigenvalue weighted by Crippen LogP contribution is -2.47. The number of hydrogen-bond donors (Lipinski definition) is 0. The number of benzene rings is 1. The van der Waals surface area contributed by atoms with Gasteiger partial charge in [0, 0.05) is 37.9 Å². The second kappa shape index (κ2) is 7.29. The number of hydrogen-bond acceptors (Lipinski definition) is 5. The fourth-order valence-electron chi connectivity index (χ4n) is 2.89. The van der Waals surface area contributed by atoms with Crippen molar-refractivity contribution in [3.63, 3.8) is 0 Å². The van der Waals surface area contributed by atoms with E-state index in [1.807, 2.05) is 31.2 Å². The highest BCUT2D eigenvalue weighted by atomic mass is 19.1. The van der Waals surface area contributed by atoms with Gasteiger partial charge >= 0.3 is 0 Å². The van der Waals surface area contributed by atoms with Gasteiger partial charge in [0.1, 0.15) is 18.7 Å². The Bertz CT molecular complexity index is 712. The molecule has 24 heavy (non-hydrogen) atoms. The van der Waals surface area contributed by atoms with Crippen molar-refractivity contribution in [1.82, 2.24) is 4.98 Å². The van der Waals surface area contributed by atoms with Gasteiger partial charge in [-0.3, -0.25) is 0 Å². The lowest BCUT2D eigenvalue weighted by Gasteiger charge is -2.37. The highest BCUT2D eigenvalue weighted by Crippen LogP contribution is 2.24. The molecule has 0 saturated carbocycles. The Morgan fingerprint density at radius 2 is 1.88 bits per heavy atom. The molecule has 126 valence electrons. The van der Waals surface area contributed by atoms with E-state index in [1.165, 1.54) is 13.2 Å². The number of oxime groups is 1. The summed E-state index contributed by atoms with van der Waals surface area (Å²) in [5.74, 6) is 0.754. The molecule has 0 aliphatic carbocycles. The zero-order valence-corrected chi connectivity index (χ0v) is 13.9. The van der Waals surface area contributed by atoms with Crippen molar-refractivity contribution in [2.45, 2.75) is 6.92 Å². The number of rotatable bonds is 4. The molecule has 0 atom stereocenters. The van der Waals surface area contributed by atoms with Crippen LogP contribution in [0.2, 0.25) is 0 Å². The zero-order valence-electron chi connectivity index (χ0n) is 13.9. The van der Waals surface area contributed by atoms with Gasteiger partial charge in [0.2, 0.25) is 0 Å². The molecular formula is C18H21FN4O. The van der Waals surface area contributed by atoms with E-state index < -0.39 is 0 Å². The van der Waals surface area contributed by atoms with E-state index in [-0.39, 0.29) is 5.82 Å². The van der Waals surface area contributed by atoms with Gasteiger partial charge < -0.3 is 14.6 Å². The van der Waals surface area contributed by atoms with Crippen LogP contribution in [0.15, 0.2) is 47.8 Å². The minimum absolute atomic E-state index is 0.213. The van der Waals surface area contributed by atoms with Crippen LogP contribution in [-0.2, 0) is 4.84 Å². The Labute approximate surface area is 141 Å². The fraction of sp³-hybridized carbons (Fsp3) is 0.333. The van der Waals surface area contributed by atoms with E-state index in [4.69, 9.17) is 4.84 Å². The average molecular weight is 328 g/mol. The lowest BCUT2D eigenvalue weighted by atomic mass is 10.1. The second-order valence-electron chi connectivity index (χ2n) is 5.69. The predicted octanol–water partition coefficient (Wildman–Crippen LogP) is 2.92. The Balaban J connectivity index is 1.74. The van der Waals surface area contributed by atoms with Gasteiger partial charge in [-0.1, -0.05) is 11.2 Å². The number of piperazine rings is 1. The van der Waals surface area contributed by atoms with Gasteiger partial charge in [0.25, 0.3) is 0 Å². The third-order valence-electron chi connectivity index (χ3n) is 4.19. The Morgan fingerprint density at radius 3 is 2.54 bits per heavy atom. The lowest BCUT2D eigenvalue weighted by molar-refractivity contribution is 0.213. The van der Waals surface area contributed by atoms with E-state index in [0.717, 1.165) is 43.3 Å². The van der Waals surface area contributed by atoms with Gasteiger partial charge in [-0.15, -0.1) is 0 Å². The topological polar surface area (TPSA) is 41.0 Å². The van der Waals surface area contributed by atoms with Crippen LogP contribution >= 0.6 is 0 Å². The standard InChI is InChI=1S/C18H21FN4O/c1-14(21-24-2)15-6-7-16(19)17(13-15)22-9-11-23(12-10-22)18-5-3-4-8-20-18/h3-8,13H,9-12H2,1-2H3/b21-14-. The zero-order chi connectivity index (χ0) is 16.9. The molecule has 0 spiro atoms. The molecule has 1 fully saturated rings. The van der Waals surface area contributed by atoms with Crippen LogP contribution in [-0.4, -0.2) is 44.0 Å². The molecule has 1 saturated heterocycles. The molecule has 6 heteroatoms. The summed E-state index contributed by atoms with van der Waals surface area (Å²) in [6.45, 7) is 4.96. The summed E-state index contributed by atoms with van der Waals surface area (Å²) in [5, 5.41) is 3.92. The number of anilines is 2. The van der Waals surface area contributed by atoms with Gasteiger partial charge in [-0.25, -0.2) is 9.37 Å². The maximum Gasteiger partial charge on any atom is 0.146 e. The van der Waals surface area contributed by atoms with Crippen LogP contribution in [0.1, 0.15) is 12.5 Å². The monoisotopic (exact) mass is 328 g/mol. The van der Waals surface area contributed by atoms with Crippen LogP contribution in [0, 0.1) is 5.82 Å². The molecule has 2 heterocycles. The molecule has 2 aromatic rings. The molecule has 0 unspecified atom stereocenters. The molecule has 0 radical (unpaired) electrons. The summed E-state index contributed by atoms with van der Waals surface area (Å²) in [7, 11) is 1.50. The molecule has 0 amide bonds. The maximum absolute atomic E-state index is 14.3. The first-order chi connectivity index (χ1) is 11.7. The molecule has 1 aromatic heterocycles. The van der Waals surface area contributed by atoms with Crippen LogP contribution in [0.5, 0.6) is 0 Å². The van der Waals surface area contributed by atoms with Gasteiger partial charge in [0.15, 0.2) is 0 Å². The average Bonchev–Trinajstić information content (AvgIpc) is 2.63. The summed E-state index contributed by atoms with van der Waals surface area (Å²) in [6.07, 6.45) is 1.79. The molecule has 1 aliphatic heterocycles. The Morgan fingerprint density at radius 1 is 1.12 bits per heavy atom. The summed E-state index contributed by atoms with van der Waals surface area (Å²) >= 11 is 0. The van der Waals surface area contributed by atoms with E-state index in [9.17, 15) is 4.39 Å². The third kappa shape index (κ3) is 3.48. The molecule has 0 N–H and O–H groups in total. The van der Waals surface area contributed by atoms with Crippen LogP contribution in [0.25, 0.3) is 0 Å². The molecular weight excluding hydrogens is 307 g/mol. The van der Waals surface area contributed by atoms with E-state index in [2.05, 4.69) is 19.9 Å². The van der Waals surface area contributed by atoms with E-state index >= 15 is 0 Å². The quantitative estimate of drug-likeness (QED) is 0.639. The summed E-state index contributed by atoms with van der Waals surface area (Å²) in [5.41, 5.74) is 2.20. The van der Waals surface area contributed by atoms with Crippen molar-refractivity contribution in [2.24, 2.45) is 5.16 Å². The highest BCUT2D eigenvalue weighted by molar-refractivity contribution is 5.99. The predicted molar refractivity (Wildman–Crippen MR) is 94.3 cm³/mol. The highest BCUT2D eigenvalue weighted by Gasteiger charge is 2.20.